The number of rotatable bonds is 7. The summed E-state index contributed by atoms with van der Waals surface area (Å²) in [6.45, 7) is 5.63. The molecule has 0 aliphatic rings. The van der Waals surface area contributed by atoms with Gasteiger partial charge in [0.25, 0.3) is 5.91 Å². The Bertz CT molecular complexity index is 451. The van der Waals surface area contributed by atoms with Crippen molar-refractivity contribution in [2.24, 2.45) is 0 Å². The number of ether oxygens (including phenoxy) is 1. The third-order valence-electron chi connectivity index (χ3n) is 2.99. The van der Waals surface area contributed by atoms with E-state index in [1.165, 1.54) is 0 Å². The van der Waals surface area contributed by atoms with Crippen LogP contribution < -0.4 is 10.1 Å². The molecule has 20 heavy (non-hydrogen) atoms. The minimum Gasteiger partial charge on any atom is -0.479 e. The summed E-state index contributed by atoms with van der Waals surface area (Å²) in [6.07, 6.45) is 1.35. The van der Waals surface area contributed by atoms with Crippen LogP contribution in [0.5, 0.6) is 5.75 Å². The zero-order chi connectivity index (χ0) is 15.1. The zero-order valence-corrected chi connectivity index (χ0v) is 13.7. The number of aliphatic hydroxyl groups is 1. The fourth-order valence-corrected chi connectivity index (χ4v) is 2.41. The minimum absolute atomic E-state index is 0.130. The molecule has 0 bridgehead atoms. The third kappa shape index (κ3) is 4.80. The number of carbonyl (C=O) groups is 1. The number of halogens is 1. The first-order chi connectivity index (χ1) is 9.49. The maximum Gasteiger partial charge on any atom is 0.260 e. The molecular weight excluding hydrogens is 322 g/mol. The zero-order valence-electron chi connectivity index (χ0n) is 12.1. The number of benzene rings is 1. The molecule has 0 aromatic heterocycles. The van der Waals surface area contributed by atoms with Crippen LogP contribution in [-0.4, -0.2) is 23.2 Å². The smallest absolute Gasteiger partial charge is 0.260 e. The molecule has 4 nitrogen and oxygen atoms in total. The van der Waals surface area contributed by atoms with Crippen LogP contribution in [-0.2, 0) is 11.4 Å². The molecule has 0 saturated carbocycles. The van der Waals surface area contributed by atoms with Crippen LogP contribution in [0.25, 0.3) is 0 Å². The Morgan fingerprint density at radius 1 is 1.45 bits per heavy atom. The second-order valence-electron chi connectivity index (χ2n) is 4.84. The van der Waals surface area contributed by atoms with E-state index < -0.39 is 6.10 Å². The molecule has 0 aliphatic carbocycles. The van der Waals surface area contributed by atoms with Crippen LogP contribution in [0.15, 0.2) is 22.7 Å². The summed E-state index contributed by atoms with van der Waals surface area (Å²) in [5.74, 6) is 0.367. The Morgan fingerprint density at radius 3 is 2.75 bits per heavy atom. The van der Waals surface area contributed by atoms with Crippen molar-refractivity contribution in [3.8, 4) is 5.75 Å². The number of nitrogens with one attached hydrogen (secondary N) is 1. The van der Waals surface area contributed by atoms with Gasteiger partial charge in [0, 0.05) is 11.6 Å². The Morgan fingerprint density at radius 2 is 2.15 bits per heavy atom. The van der Waals surface area contributed by atoms with Gasteiger partial charge in [-0.2, -0.15) is 0 Å². The number of para-hydroxylation sites is 1. The standard InChI is InChI=1S/C15H22BrNO3/c1-4-6-10(2)17-15(19)11(3)20-14-12(9-18)7-5-8-13(14)16/h5,7-8,10-11,18H,4,6,9H2,1-3H3,(H,17,19). The Labute approximate surface area is 128 Å². The first-order valence-electron chi connectivity index (χ1n) is 6.84. The van der Waals surface area contributed by atoms with Crippen molar-refractivity contribution >= 4 is 21.8 Å². The van der Waals surface area contributed by atoms with Gasteiger partial charge in [-0.25, -0.2) is 0 Å². The lowest BCUT2D eigenvalue weighted by molar-refractivity contribution is -0.128. The van der Waals surface area contributed by atoms with Gasteiger partial charge in [-0.05, 0) is 42.3 Å². The predicted octanol–water partition coefficient (Wildman–Crippen LogP) is 3.01. The van der Waals surface area contributed by atoms with E-state index in [0.717, 1.165) is 17.3 Å². The van der Waals surface area contributed by atoms with Gasteiger partial charge in [0.15, 0.2) is 6.10 Å². The lowest BCUT2D eigenvalue weighted by atomic mass is 10.2. The monoisotopic (exact) mass is 343 g/mol. The minimum atomic E-state index is -0.613. The Kier molecular flexibility index (Phi) is 7.02. The molecule has 0 aliphatic heterocycles. The molecule has 1 aromatic rings. The molecular formula is C15H22BrNO3. The van der Waals surface area contributed by atoms with Gasteiger partial charge in [-0.15, -0.1) is 0 Å². The fourth-order valence-electron chi connectivity index (χ4n) is 1.91. The lowest BCUT2D eigenvalue weighted by Crippen LogP contribution is -2.41. The van der Waals surface area contributed by atoms with E-state index in [9.17, 15) is 9.90 Å². The summed E-state index contributed by atoms with van der Waals surface area (Å²) in [6, 6.07) is 5.54. The molecule has 1 aromatic carbocycles. The molecule has 1 amide bonds. The van der Waals surface area contributed by atoms with Gasteiger partial charge in [-0.3, -0.25) is 4.79 Å². The summed E-state index contributed by atoms with van der Waals surface area (Å²) in [7, 11) is 0. The second kappa shape index (κ2) is 8.27. The molecule has 0 heterocycles. The molecule has 2 atom stereocenters. The van der Waals surface area contributed by atoms with Gasteiger partial charge < -0.3 is 15.2 Å². The van der Waals surface area contributed by atoms with E-state index in [1.807, 2.05) is 19.1 Å². The molecule has 0 fully saturated rings. The summed E-state index contributed by atoms with van der Waals surface area (Å²) in [5, 5.41) is 12.2. The van der Waals surface area contributed by atoms with Gasteiger partial charge in [-0.1, -0.05) is 25.5 Å². The number of amides is 1. The second-order valence-corrected chi connectivity index (χ2v) is 5.70. The van der Waals surface area contributed by atoms with E-state index in [1.54, 1.807) is 13.0 Å². The highest BCUT2D eigenvalue weighted by atomic mass is 79.9. The number of aliphatic hydroxyl groups excluding tert-OH is 1. The molecule has 0 saturated heterocycles. The predicted molar refractivity (Wildman–Crippen MR) is 82.7 cm³/mol. The molecule has 112 valence electrons. The highest BCUT2D eigenvalue weighted by Gasteiger charge is 2.19. The van der Waals surface area contributed by atoms with Crippen molar-refractivity contribution < 1.29 is 14.6 Å². The lowest BCUT2D eigenvalue weighted by Gasteiger charge is -2.20. The first kappa shape index (κ1) is 17.0. The summed E-state index contributed by atoms with van der Waals surface area (Å²) in [4.78, 5) is 12.0. The first-order valence-corrected chi connectivity index (χ1v) is 7.64. The van der Waals surface area contributed by atoms with Crippen LogP contribution in [0, 0.1) is 0 Å². The van der Waals surface area contributed by atoms with Crippen LogP contribution in [0.2, 0.25) is 0 Å². The number of carbonyl (C=O) groups excluding carboxylic acids is 1. The topological polar surface area (TPSA) is 58.6 Å². The van der Waals surface area contributed by atoms with Gasteiger partial charge in [0.2, 0.25) is 0 Å². The highest BCUT2D eigenvalue weighted by molar-refractivity contribution is 9.10. The van der Waals surface area contributed by atoms with Gasteiger partial charge in [0.1, 0.15) is 5.75 Å². The van der Waals surface area contributed by atoms with Crippen LogP contribution in [0.4, 0.5) is 0 Å². The third-order valence-corrected chi connectivity index (χ3v) is 3.62. The van der Waals surface area contributed by atoms with Crippen molar-refractivity contribution in [3.63, 3.8) is 0 Å². The Balaban J connectivity index is 2.70. The number of hydrogen-bond acceptors (Lipinski definition) is 3. The van der Waals surface area contributed by atoms with Crippen molar-refractivity contribution in [1.82, 2.24) is 5.32 Å². The van der Waals surface area contributed by atoms with Crippen molar-refractivity contribution in [1.29, 1.82) is 0 Å². The highest BCUT2D eigenvalue weighted by Crippen LogP contribution is 2.30. The van der Waals surface area contributed by atoms with Crippen molar-refractivity contribution in [2.45, 2.75) is 52.4 Å². The quantitative estimate of drug-likeness (QED) is 0.799. The molecule has 0 radical (unpaired) electrons. The molecule has 1 rings (SSSR count). The summed E-state index contributed by atoms with van der Waals surface area (Å²) >= 11 is 3.37. The molecule has 0 spiro atoms. The largest absolute Gasteiger partial charge is 0.479 e. The molecule has 2 unspecified atom stereocenters. The van der Waals surface area contributed by atoms with Gasteiger partial charge in [0.05, 0.1) is 11.1 Å². The van der Waals surface area contributed by atoms with E-state index in [-0.39, 0.29) is 18.6 Å². The van der Waals surface area contributed by atoms with Crippen molar-refractivity contribution in [2.75, 3.05) is 0 Å². The molecule has 2 N–H and O–H groups in total. The maximum absolute atomic E-state index is 12.0. The van der Waals surface area contributed by atoms with Crippen LogP contribution >= 0.6 is 15.9 Å². The SMILES string of the molecule is CCCC(C)NC(=O)C(C)Oc1c(Br)cccc1CO. The average molecular weight is 344 g/mol. The number of hydrogen-bond donors (Lipinski definition) is 2. The van der Waals surface area contributed by atoms with E-state index in [2.05, 4.69) is 28.2 Å². The normalized spacial score (nSPS) is 13.7. The van der Waals surface area contributed by atoms with Crippen LogP contribution in [0.3, 0.4) is 0 Å². The fraction of sp³-hybridized carbons (Fsp3) is 0.533. The maximum atomic E-state index is 12.0. The van der Waals surface area contributed by atoms with E-state index >= 15 is 0 Å². The van der Waals surface area contributed by atoms with Crippen LogP contribution in [0.1, 0.15) is 39.2 Å². The van der Waals surface area contributed by atoms with Crippen molar-refractivity contribution in [3.05, 3.63) is 28.2 Å². The van der Waals surface area contributed by atoms with E-state index in [4.69, 9.17) is 4.74 Å². The summed E-state index contributed by atoms with van der Waals surface area (Å²) in [5.41, 5.74) is 0.653. The van der Waals surface area contributed by atoms with Gasteiger partial charge >= 0.3 is 0 Å². The summed E-state index contributed by atoms with van der Waals surface area (Å²) < 4.78 is 6.42. The average Bonchev–Trinajstić information content (AvgIpc) is 2.41. The molecule has 5 heteroatoms. The van der Waals surface area contributed by atoms with E-state index in [0.29, 0.717) is 11.3 Å². The Hall–Kier alpha value is -1.07.